The number of hydrogen-bond acceptors (Lipinski definition) is 6. The molecule has 0 spiro atoms. The van der Waals surface area contributed by atoms with E-state index in [1.807, 2.05) is 75.0 Å². The minimum absolute atomic E-state index is 0.0251. The van der Waals surface area contributed by atoms with Gasteiger partial charge < -0.3 is 24.5 Å². The number of aryl methyl sites for hydroxylation is 1. The van der Waals surface area contributed by atoms with E-state index in [0.717, 1.165) is 22.2 Å². The standard InChI is InChI=1S/C27H32N6O3/c1-6-35-24-14-21(9-10-23(24)36-17-27(3,4)16-34)31-25(26-28-11-12-33(26)5)30-18(2)19-7-8-20-15-29-32-22(20)13-19/h7-15,34H,2,6,16-17H2,1,3-5H3,(H,29,32)(H,30,31). The summed E-state index contributed by atoms with van der Waals surface area (Å²) >= 11 is 0. The fourth-order valence-electron chi connectivity index (χ4n) is 3.47. The van der Waals surface area contributed by atoms with Crippen LogP contribution >= 0.6 is 0 Å². The highest BCUT2D eigenvalue weighted by molar-refractivity contribution is 6.08. The van der Waals surface area contributed by atoms with E-state index in [-0.39, 0.29) is 12.0 Å². The minimum Gasteiger partial charge on any atom is -0.490 e. The molecule has 2 aromatic heterocycles. The molecule has 0 saturated carbocycles. The highest BCUT2D eigenvalue weighted by Crippen LogP contribution is 2.32. The van der Waals surface area contributed by atoms with Gasteiger partial charge in [0.1, 0.15) is 0 Å². The Labute approximate surface area is 210 Å². The molecule has 0 bridgehead atoms. The van der Waals surface area contributed by atoms with Gasteiger partial charge in [0.15, 0.2) is 23.2 Å². The molecule has 4 rings (SSSR count). The first kappa shape index (κ1) is 25.0. The van der Waals surface area contributed by atoms with Gasteiger partial charge in [0.2, 0.25) is 0 Å². The molecule has 0 unspecified atom stereocenters. The summed E-state index contributed by atoms with van der Waals surface area (Å²) in [6.45, 7) is 10.9. The molecule has 188 valence electrons. The van der Waals surface area contributed by atoms with E-state index in [9.17, 15) is 5.11 Å². The second-order valence-corrected chi connectivity index (χ2v) is 9.27. The van der Waals surface area contributed by atoms with Gasteiger partial charge >= 0.3 is 0 Å². The number of imidazole rings is 1. The predicted molar refractivity (Wildman–Crippen MR) is 142 cm³/mol. The Hall–Kier alpha value is -4.11. The second kappa shape index (κ2) is 10.7. The Balaban J connectivity index is 1.64. The molecule has 0 aliphatic carbocycles. The third-order valence-electron chi connectivity index (χ3n) is 5.61. The molecule has 0 aliphatic rings. The van der Waals surface area contributed by atoms with Crippen molar-refractivity contribution in [3.63, 3.8) is 0 Å². The molecule has 0 atom stereocenters. The Kier molecular flexibility index (Phi) is 7.40. The summed E-state index contributed by atoms with van der Waals surface area (Å²) in [7, 11) is 1.91. The maximum atomic E-state index is 9.54. The summed E-state index contributed by atoms with van der Waals surface area (Å²) in [5.74, 6) is 2.40. The quantitative estimate of drug-likeness (QED) is 0.222. The van der Waals surface area contributed by atoms with E-state index in [0.29, 0.717) is 42.1 Å². The third kappa shape index (κ3) is 5.75. The van der Waals surface area contributed by atoms with E-state index in [4.69, 9.17) is 14.5 Å². The number of nitrogens with zero attached hydrogens (tertiary/aromatic N) is 4. The zero-order valence-corrected chi connectivity index (χ0v) is 21.1. The van der Waals surface area contributed by atoms with Crippen molar-refractivity contribution in [3.8, 4) is 11.5 Å². The number of amidine groups is 1. The molecule has 4 aromatic rings. The molecule has 9 heteroatoms. The Morgan fingerprint density at radius 3 is 2.75 bits per heavy atom. The van der Waals surface area contributed by atoms with Gasteiger partial charge in [0, 0.05) is 47.6 Å². The second-order valence-electron chi connectivity index (χ2n) is 9.27. The van der Waals surface area contributed by atoms with E-state index >= 15 is 0 Å². The van der Waals surface area contributed by atoms with Gasteiger partial charge in [-0.1, -0.05) is 32.6 Å². The maximum Gasteiger partial charge on any atom is 0.175 e. The predicted octanol–water partition coefficient (Wildman–Crippen LogP) is 4.62. The van der Waals surface area contributed by atoms with Crippen LogP contribution < -0.4 is 14.8 Å². The van der Waals surface area contributed by atoms with Crippen molar-refractivity contribution in [1.82, 2.24) is 19.7 Å². The molecule has 2 heterocycles. The summed E-state index contributed by atoms with van der Waals surface area (Å²) in [5, 5.41) is 21.0. The molecule has 3 N–H and O–H groups in total. The van der Waals surface area contributed by atoms with Crippen LogP contribution in [0.3, 0.4) is 0 Å². The summed E-state index contributed by atoms with van der Waals surface area (Å²) in [6.07, 6.45) is 5.36. The number of ether oxygens (including phenoxy) is 2. The lowest BCUT2D eigenvalue weighted by Crippen LogP contribution is -2.25. The van der Waals surface area contributed by atoms with Gasteiger partial charge in [-0.25, -0.2) is 9.98 Å². The van der Waals surface area contributed by atoms with Gasteiger partial charge in [-0.15, -0.1) is 0 Å². The molecule has 2 aromatic carbocycles. The first-order valence-electron chi connectivity index (χ1n) is 11.8. The number of H-pyrrole nitrogens is 1. The van der Waals surface area contributed by atoms with Crippen LogP contribution in [0.1, 0.15) is 32.2 Å². The SMILES string of the molecule is C=C(/N=C(/Nc1ccc(OCC(C)(C)CO)c(OCC)c1)c1nccn1C)c1ccc2cn[nH]c2c1. The van der Waals surface area contributed by atoms with Crippen LogP contribution in [0.2, 0.25) is 0 Å². The number of fused-ring (bicyclic) bond motifs is 1. The van der Waals surface area contributed by atoms with Crippen molar-refractivity contribution in [2.24, 2.45) is 17.5 Å². The molecule has 9 nitrogen and oxygen atoms in total. The van der Waals surface area contributed by atoms with E-state index in [2.05, 4.69) is 27.1 Å². The molecule has 0 radical (unpaired) electrons. The van der Waals surface area contributed by atoms with Crippen LogP contribution in [-0.2, 0) is 7.05 Å². The number of anilines is 1. The summed E-state index contributed by atoms with van der Waals surface area (Å²) in [5.41, 5.74) is 2.75. The Bertz CT molecular complexity index is 1390. The lowest BCUT2D eigenvalue weighted by molar-refractivity contribution is 0.0954. The fourth-order valence-corrected chi connectivity index (χ4v) is 3.47. The Morgan fingerprint density at radius 1 is 1.19 bits per heavy atom. The topological polar surface area (TPSA) is 110 Å². The highest BCUT2D eigenvalue weighted by Gasteiger charge is 2.19. The fraction of sp³-hybridized carbons (Fsp3) is 0.296. The third-order valence-corrected chi connectivity index (χ3v) is 5.61. The number of aliphatic imine (C=N–C) groups is 1. The van der Waals surface area contributed by atoms with Crippen LogP contribution in [0.4, 0.5) is 5.69 Å². The minimum atomic E-state index is -0.363. The monoisotopic (exact) mass is 488 g/mol. The molecule has 0 saturated heterocycles. The smallest absolute Gasteiger partial charge is 0.175 e. The van der Waals surface area contributed by atoms with E-state index < -0.39 is 0 Å². The molecule has 0 amide bonds. The number of aliphatic hydroxyl groups excluding tert-OH is 1. The van der Waals surface area contributed by atoms with Gasteiger partial charge in [0.05, 0.1) is 37.2 Å². The van der Waals surface area contributed by atoms with Gasteiger partial charge in [-0.3, -0.25) is 5.10 Å². The normalized spacial score (nSPS) is 12.1. The summed E-state index contributed by atoms with van der Waals surface area (Å²) in [4.78, 5) is 9.28. The molecular formula is C27H32N6O3. The van der Waals surface area contributed by atoms with Crippen molar-refractivity contribution < 1.29 is 14.6 Å². The summed E-state index contributed by atoms with van der Waals surface area (Å²) in [6, 6.07) is 11.5. The number of rotatable bonds is 10. The van der Waals surface area contributed by atoms with E-state index in [1.54, 1.807) is 12.4 Å². The van der Waals surface area contributed by atoms with Crippen LogP contribution in [-0.4, -0.2) is 50.5 Å². The number of hydrogen-bond donors (Lipinski definition) is 3. The van der Waals surface area contributed by atoms with Crippen molar-refractivity contribution >= 4 is 28.1 Å². The molecule has 36 heavy (non-hydrogen) atoms. The van der Waals surface area contributed by atoms with E-state index in [1.165, 1.54) is 0 Å². The lowest BCUT2D eigenvalue weighted by Gasteiger charge is -2.23. The maximum absolute atomic E-state index is 9.54. The van der Waals surface area contributed by atoms with Crippen LogP contribution in [0, 0.1) is 5.41 Å². The largest absolute Gasteiger partial charge is 0.490 e. The molecule has 0 fully saturated rings. The highest BCUT2D eigenvalue weighted by atomic mass is 16.5. The molecular weight excluding hydrogens is 456 g/mol. The first-order valence-corrected chi connectivity index (χ1v) is 11.8. The number of benzene rings is 2. The zero-order valence-electron chi connectivity index (χ0n) is 21.1. The Morgan fingerprint density at radius 2 is 2.03 bits per heavy atom. The van der Waals surface area contributed by atoms with Crippen LogP contribution in [0.15, 0.2) is 66.6 Å². The van der Waals surface area contributed by atoms with Crippen LogP contribution in [0.5, 0.6) is 11.5 Å². The zero-order chi connectivity index (χ0) is 25.7. The number of aromatic nitrogens is 4. The van der Waals surface area contributed by atoms with Crippen LogP contribution in [0.25, 0.3) is 16.6 Å². The number of aliphatic hydroxyl groups is 1. The summed E-state index contributed by atoms with van der Waals surface area (Å²) < 4.78 is 13.7. The lowest BCUT2D eigenvalue weighted by atomic mass is 9.96. The number of nitrogens with one attached hydrogen (secondary N) is 2. The van der Waals surface area contributed by atoms with Crippen molar-refractivity contribution in [2.75, 3.05) is 25.1 Å². The van der Waals surface area contributed by atoms with Gasteiger partial charge in [-0.2, -0.15) is 5.10 Å². The average molecular weight is 489 g/mol. The van der Waals surface area contributed by atoms with Gasteiger partial charge in [-0.05, 0) is 25.1 Å². The van der Waals surface area contributed by atoms with Gasteiger partial charge in [0.25, 0.3) is 0 Å². The van der Waals surface area contributed by atoms with Crippen molar-refractivity contribution in [2.45, 2.75) is 20.8 Å². The first-order chi connectivity index (χ1) is 17.3. The molecule has 0 aliphatic heterocycles. The average Bonchev–Trinajstić information content (AvgIpc) is 3.51. The van der Waals surface area contributed by atoms with Crippen molar-refractivity contribution in [1.29, 1.82) is 0 Å². The number of aromatic amines is 1. The van der Waals surface area contributed by atoms with Crippen molar-refractivity contribution in [3.05, 3.63) is 73.0 Å².